The molecule has 0 unspecified atom stereocenters. The van der Waals surface area contributed by atoms with Crippen molar-refractivity contribution in [3.8, 4) is 5.75 Å². The number of phenolic OH excluding ortho intramolecular Hbond substituents is 1. The summed E-state index contributed by atoms with van der Waals surface area (Å²) >= 11 is 0. The van der Waals surface area contributed by atoms with Gasteiger partial charge in [0, 0.05) is 5.41 Å². The van der Waals surface area contributed by atoms with Gasteiger partial charge in [-0.15, -0.1) is 0 Å². The molecule has 0 aliphatic heterocycles. The number of carbonyl (C=O) groups is 1. The van der Waals surface area contributed by atoms with E-state index in [1.54, 1.807) is 18.2 Å². The molecule has 1 rings (SSSR count). The van der Waals surface area contributed by atoms with Crippen LogP contribution in [0.5, 0.6) is 5.75 Å². The van der Waals surface area contributed by atoms with E-state index >= 15 is 0 Å². The molecular formula is C12H17NO2. The first kappa shape index (κ1) is 11.6. The standard InChI is InChI=1S/C12H17NO2/c1-8-5-6-10(14)9(7-8)13-11(15)12(2,3)4/h5-7,14H,1-4H3,(H,13,15). The fourth-order valence-electron chi connectivity index (χ4n) is 1.06. The van der Waals surface area contributed by atoms with Crippen LogP contribution in [0.1, 0.15) is 26.3 Å². The molecule has 0 saturated carbocycles. The molecule has 0 heterocycles. The van der Waals surface area contributed by atoms with E-state index in [2.05, 4.69) is 5.32 Å². The monoisotopic (exact) mass is 207 g/mol. The average Bonchev–Trinajstić information content (AvgIpc) is 2.09. The molecule has 0 aliphatic rings. The molecule has 0 atom stereocenters. The maximum Gasteiger partial charge on any atom is 0.229 e. The van der Waals surface area contributed by atoms with Crippen molar-refractivity contribution in [2.24, 2.45) is 5.41 Å². The van der Waals surface area contributed by atoms with Crippen LogP contribution < -0.4 is 5.32 Å². The first-order valence-corrected chi connectivity index (χ1v) is 4.92. The second-order valence-electron chi connectivity index (χ2n) is 4.72. The van der Waals surface area contributed by atoms with Crippen molar-refractivity contribution in [1.29, 1.82) is 0 Å². The molecule has 0 aromatic heterocycles. The van der Waals surface area contributed by atoms with E-state index in [1.165, 1.54) is 0 Å². The molecule has 15 heavy (non-hydrogen) atoms. The Hall–Kier alpha value is -1.51. The van der Waals surface area contributed by atoms with E-state index in [-0.39, 0.29) is 11.7 Å². The topological polar surface area (TPSA) is 49.3 Å². The minimum atomic E-state index is -0.462. The quantitative estimate of drug-likeness (QED) is 0.695. The predicted molar refractivity (Wildman–Crippen MR) is 60.9 cm³/mol. The number of rotatable bonds is 1. The molecule has 1 aromatic carbocycles. The normalized spacial score (nSPS) is 11.2. The second kappa shape index (κ2) is 3.93. The maximum atomic E-state index is 11.7. The van der Waals surface area contributed by atoms with Gasteiger partial charge in [-0.1, -0.05) is 26.8 Å². The third kappa shape index (κ3) is 2.98. The number of aryl methyl sites for hydroxylation is 1. The molecule has 3 nitrogen and oxygen atoms in total. The summed E-state index contributed by atoms with van der Waals surface area (Å²) < 4.78 is 0. The summed E-state index contributed by atoms with van der Waals surface area (Å²) in [5.74, 6) is -0.0124. The van der Waals surface area contributed by atoms with Crippen LogP contribution >= 0.6 is 0 Å². The number of benzene rings is 1. The van der Waals surface area contributed by atoms with Crippen LogP contribution in [-0.2, 0) is 4.79 Å². The number of hydrogen-bond donors (Lipinski definition) is 2. The first-order chi connectivity index (χ1) is 6.80. The highest BCUT2D eigenvalue weighted by Crippen LogP contribution is 2.26. The van der Waals surface area contributed by atoms with E-state index in [4.69, 9.17) is 0 Å². The van der Waals surface area contributed by atoms with Crippen LogP contribution in [0.15, 0.2) is 18.2 Å². The smallest absolute Gasteiger partial charge is 0.229 e. The summed E-state index contributed by atoms with van der Waals surface area (Å²) in [6, 6.07) is 5.12. The van der Waals surface area contributed by atoms with Crippen molar-refractivity contribution < 1.29 is 9.90 Å². The van der Waals surface area contributed by atoms with Gasteiger partial charge in [0.05, 0.1) is 5.69 Å². The van der Waals surface area contributed by atoms with Crippen molar-refractivity contribution >= 4 is 11.6 Å². The largest absolute Gasteiger partial charge is 0.506 e. The zero-order valence-electron chi connectivity index (χ0n) is 9.59. The van der Waals surface area contributed by atoms with Gasteiger partial charge in [0.1, 0.15) is 5.75 Å². The molecule has 1 amide bonds. The van der Waals surface area contributed by atoms with Gasteiger partial charge in [0.2, 0.25) is 5.91 Å². The van der Waals surface area contributed by atoms with Gasteiger partial charge in [0.15, 0.2) is 0 Å². The van der Waals surface area contributed by atoms with Gasteiger partial charge in [-0.2, -0.15) is 0 Å². The van der Waals surface area contributed by atoms with Crippen LogP contribution in [0.4, 0.5) is 5.69 Å². The lowest BCUT2D eigenvalue weighted by Gasteiger charge is -2.18. The molecule has 3 heteroatoms. The minimum absolute atomic E-state index is 0.0956. The number of phenols is 1. The third-order valence-electron chi connectivity index (χ3n) is 2.08. The molecule has 0 saturated heterocycles. The summed E-state index contributed by atoms with van der Waals surface area (Å²) in [5, 5.41) is 12.2. The Labute approximate surface area is 90.1 Å². The van der Waals surface area contributed by atoms with E-state index in [0.717, 1.165) is 5.56 Å². The van der Waals surface area contributed by atoms with E-state index in [9.17, 15) is 9.90 Å². The second-order valence-corrected chi connectivity index (χ2v) is 4.72. The molecule has 0 aliphatic carbocycles. The SMILES string of the molecule is Cc1ccc(O)c(NC(=O)C(C)(C)C)c1. The molecule has 0 bridgehead atoms. The number of carbonyl (C=O) groups excluding carboxylic acids is 1. The van der Waals surface area contributed by atoms with Crippen LogP contribution in [0.2, 0.25) is 0 Å². The van der Waals surface area contributed by atoms with Gasteiger partial charge in [0.25, 0.3) is 0 Å². The first-order valence-electron chi connectivity index (χ1n) is 4.92. The summed E-state index contributed by atoms with van der Waals surface area (Å²) in [7, 11) is 0. The van der Waals surface area contributed by atoms with Crippen LogP contribution in [0.25, 0.3) is 0 Å². The van der Waals surface area contributed by atoms with Gasteiger partial charge in [-0.05, 0) is 24.6 Å². The molecule has 0 fully saturated rings. The number of aromatic hydroxyl groups is 1. The zero-order chi connectivity index (χ0) is 11.6. The summed E-state index contributed by atoms with van der Waals surface area (Å²) in [6.45, 7) is 7.39. The molecule has 1 aromatic rings. The molecular weight excluding hydrogens is 190 g/mol. The highest BCUT2D eigenvalue weighted by Gasteiger charge is 2.21. The number of amides is 1. The molecule has 0 radical (unpaired) electrons. The predicted octanol–water partition coefficient (Wildman–Crippen LogP) is 2.69. The lowest BCUT2D eigenvalue weighted by molar-refractivity contribution is -0.123. The Morgan fingerprint density at radius 2 is 1.93 bits per heavy atom. The van der Waals surface area contributed by atoms with Crippen molar-refractivity contribution in [3.63, 3.8) is 0 Å². The van der Waals surface area contributed by atoms with Crippen LogP contribution in [0.3, 0.4) is 0 Å². The van der Waals surface area contributed by atoms with Gasteiger partial charge in [-0.25, -0.2) is 0 Å². The summed E-state index contributed by atoms with van der Waals surface area (Å²) in [4.78, 5) is 11.7. The fraction of sp³-hybridized carbons (Fsp3) is 0.417. The van der Waals surface area contributed by atoms with Crippen molar-refractivity contribution in [2.75, 3.05) is 5.32 Å². The lowest BCUT2D eigenvalue weighted by Crippen LogP contribution is -2.27. The average molecular weight is 207 g/mol. The van der Waals surface area contributed by atoms with Crippen molar-refractivity contribution in [3.05, 3.63) is 23.8 Å². The Kier molecular flexibility index (Phi) is 3.03. The summed E-state index contributed by atoms with van der Waals surface area (Å²) in [5.41, 5.74) is 1.00. The highest BCUT2D eigenvalue weighted by atomic mass is 16.3. The Morgan fingerprint density at radius 3 is 2.47 bits per heavy atom. The molecule has 2 N–H and O–H groups in total. The van der Waals surface area contributed by atoms with Crippen LogP contribution in [0, 0.1) is 12.3 Å². The van der Waals surface area contributed by atoms with E-state index in [0.29, 0.717) is 5.69 Å². The maximum absolute atomic E-state index is 11.7. The number of anilines is 1. The summed E-state index contributed by atoms with van der Waals surface area (Å²) in [6.07, 6.45) is 0. The van der Waals surface area contributed by atoms with Crippen molar-refractivity contribution in [2.45, 2.75) is 27.7 Å². The molecule has 0 spiro atoms. The third-order valence-corrected chi connectivity index (χ3v) is 2.08. The highest BCUT2D eigenvalue weighted by molar-refractivity contribution is 5.95. The van der Waals surface area contributed by atoms with Crippen molar-refractivity contribution in [1.82, 2.24) is 0 Å². The van der Waals surface area contributed by atoms with Gasteiger partial charge >= 0.3 is 0 Å². The minimum Gasteiger partial charge on any atom is -0.506 e. The number of nitrogens with one attached hydrogen (secondary N) is 1. The van der Waals surface area contributed by atoms with Gasteiger partial charge < -0.3 is 10.4 Å². The Bertz CT molecular complexity index is 378. The fourth-order valence-corrected chi connectivity index (χ4v) is 1.06. The Morgan fingerprint density at radius 1 is 1.33 bits per heavy atom. The van der Waals surface area contributed by atoms with E-state index in [1.807, 2.05) is 27.7 Å². The van der Waals surface area contributed by atoms with E-state index < -0.39 is 5.41 Å². The Balaban J connectivity index is 2.90. The number of hydrogen-bond acceptors (Lipinski definition) is 2. The lowest BCUT2D eigenvalue weighted by atomic mass is 9.95. The van der Waals surface area contributed by atoms with Gasteiger partial charge in [-0.3, -0.25) is 4.79 Å². The zero-order valence-corrected chi connectivity index (χ0v) is 9.59. The molecule has 82 valence electrons. The van der Waals surface area contributed by atoms with Crippen LogP contribution in [-0.4, -0.2) is 11.0 Å².